The van der Waals surface area contributed by atoms with Crippen molar-refractivity contribution >= 4 is 29.2 Å². The summed E-state index contributed by atoms with van der Waals surface area (Å²) < 4.78 is 20.9. The molecule has 0 bridgehead atoms. The topological polar surface area (TPSA) is 142 Å². The predicted octanol–water partition coefficient (Wildman–Crippen LogP) is 3.03. The molecule has 2 N–H and O–H groups in total. The molecular weight excluding hydrogens is 432 g/mol. The van der Waals surface area contributed by atoms with Crippen LogP contribution in [0.1, 0.15) is 30.1 Å². The second kappa shape index (κ2) is 10.3. The summed E-state index contributed by atoms with van der Waals surface area (Å²) in [5, 5.41) is 9.04. The zero-order valence-electron chi connectivity index (χ0n) is 18.4. The van der Waals surface area contributed by atoms with E-state index in [1.54, 1.807) is 25.3 Å². The molecule has 0 aliphatic heterocycles. The van der Waals surface area contributed by atoms with E-state index in [1.165, 1.54) is 39.2 Å². The Morgan fingerprint density at radius 3 is 2.18 bits per heavy atom. The molecular formula is C22H22N4O7. The Bertz CT molecular complexity index is 1150. The van der Waals surface area contributed by atoms with Gasteiger partial charge < -0.3 is 29.4 Å². The molecule has 172 valence electrons. The summed E-state index contributed by atoms with van der Waals surface area (Å²) in [5.41, 5.74) is 1.34. The molecule has 3 rings (SSSR count). The fourth-order valence-corrected chi connectivity index (χ4v) is 2.91. The van der Waals surface area contributed by atoms with E-state index in [9.17, 15) is 14.4 Å². The van der Waals surface area contributed by atoms with Crippen molar-refractivity contribution in [1.82, 2.24) is 10.1 Å². The van der Waals surface area contributed by atoms with Gasteiger partial charge in [-0.2, -0.15) is 4.98 Å². The number of carbonyl (C=O) groups excluding carboxylic acids is 3. The van der Waals surface area contributed by atoms with Gasteiger partial charge in [-0.15, -0.1) is 0 Å². The summed E-state index contributed by atoms with van der Waals surface area (Å²) >= 11 is 0. The maximum Gasteiger partial charge on any atom is 0.338 e. The molecule has 2 aromatic carbocycles. The van der Waals surface area contributed by atoms with Crippen molar-refractivity contribution in [3.8, 4) is 22.9 Å². The molecule has 0 spiro atoms. The predicted molar refractivity (Wildman–Crippen MR) is 117 cm³/mol. The fraction of sp³-hybridized carbons (Fsp3) is 0.227. The normalized spacial score (nSPS) is 10.3. The van der Waals surface area contributed by atoms with Gasteiger partial charge in [0.15, 0.2) is 6.61 Å². The fourth-order valence-electron chi connectivity index (χ4n) is 2.91. The smallest absolute Gasteiger partial charge is 0.338 e. The molecule has 3 aromatic rings. The van der Waals surface area contributed by atoms with Crippen LogP contribution in [0, 0.1) is 0 Å². The van der Waals surface area contributed by atoms with E-state index in [0.29, 0.717) is 28.4 Å². The van der Waals surface area contributed by atoms with Crippen LogP contribution < -0.4 is 20.1 Å². The van der Waals surface area contributed by atoms with Crippen molar-refractivity contribution < 1.29 is 33.1 Å². The number of hydrogen-bond acceptors (Lipinski definition) is 9. The van der Waals surface area contributed by atoms with Gasteiger partial charge >= 0.3 is 5.97 Å². The lowest BCUT2D eigenvalue weighted by Crippen LogP contribution is -2.12. The van der Waals surface area contributed by atoms with Crippen LogP contribution in [-0.2, 0) is 20.9 Å². The van der Waals surface area contributed by atoms with Crippen LogP contribution in [0.5, 0.6) is 11.5 Å². The molecule has 0 fully saturated rings. The average molecular weight is 454 g/mol. The summed E-state index contributed by atoms with van der Waals surface area (Å²) in [4.78, 5) is 39.6. The lowest BCUT2D eigenvalue weighted by Gasteiger charge is -2.10. The standard InChI is InChI=1S/C22H22N4O7/c1-12(27)23-15-7-14(8-16(9-15)24-13(2)28)22(29)32-11-20-25-21(26-33-20)18-6-5-17(30-3)10-19(18)31-4/h5-10H,11H2,1-4H3,(H,23,27)(H,24,28). The van der Waals surface area contributed by atoms with Crippen molar-refractivity contribution in [1.29, 1.82) is 0 Å². The molecule has 2 amide bonds. The Balaban J connectivity index is 1.75. The van der Waals surface area contributed by atoms with E-state index >= 15 is 0 Å². The van der Waals surface area contributed by atoms with E-state index < -0.39 is 5.97 Å². The highest BCUT2D eigenvalue weighted by molar-refractivity contribution is 5.97. The summed E-state index contributed by atoms with van der Waals surface area (Å²) in [6.45, 7) is 2.37. The summed E-state index contributed by atoms with van der Waals surface area (Å²) in [6, 6.07) is 9.50. The van der Waals surface area contributed by atoms with Gasteiger partial charge in [0.2, 0.25) is 17.6 Å². The van der Waals surface area contributed by atoms with Gasteiger partial charge in [0.25, 0.3) is 5.89 Å². The van der Waals surface area contributed by atoms with Gasteiger partial charge in [0.1, 0.15) is 11.5 Å². The number of carbonyl (C=O) groups is 3. The molecule has 0 aliphatic rings. The highest BCUT2D eigenvalue weighted by Crippen LogP contribution is 2.31. The molecule has 0 saturated carbocycles. The number of anilines is 2. The first-order valence-electron chi connectivity index (χ1n) is 9.71. The first-order valence-corrected chi connectivity index (χ1v) is 9.71. The minimum atomic E-state index is -0.712. The number of methoxy groups -OCH3 is 2. The van der Waals surface area contributed by atoms with E-state index in [4.69, 9.17) is 18.7 Å². The number of hydrogen-bond donors (Lipinski definition) is 2. The minimum absolute atomic E-state index is 0.0660. The molecule has 0 aliphatic carbocycles. The average Bonchev–Trinajstić information content (AvgIpc) is 3.24. The van der Waals surface area contributed by atoms with E-state index in [-0.39, 0.29) is 35.7 Å². The first kappa shape index (κ1) is 23.3. The van der Waals surface area contributed by atoms with Crippen molar-refractivity contribution in [2.24, 2.45) is 0 Å². The van der Waals surface area contributed by atoms with Crippen LogP contribution in [0.3, 0.4) is 0 Å². The molecule has 1 aromatic heterocycles. The molecule has 11 heteroatoms. The van der Waals surface area contributed by atoms with Crippen LogP contribution in [0.2, 0.25) is 0 Å². The highest BCUT2D eigenvalue weighted by Gasteiger charge is 2.17. The van der Waals surface area contributed by atoms with E-state index in [0.717, 1.165) is 0 Å². The Kier molecular flexibility index (Phi) is 7.24. The molecule has 0 saturated heterocycles. The number of nitrogens with zero attached hydrogens (tertiary/aromatic N) is 2. The molecule has 33 heavy (non-hydrogen) atoms. The zero-order chi connectivity index (χ0) is 24.0. The van der Waals surface area contributed by atoms with Crippen LogP contribution in [-0.4, -0.2) is 42.1 Å². The number of benzene rings is 2. The van der Waals surface area contributed by atoms with Gasteiger partial charge in [0.05, 0.1) is 25.3 Å². The molecule has 0 radical (unpaired) electrons. The lowest BCUT2D eigenvalue weighted by molar-refractivity contribution is -0.115. The second-order valence-corrected chi connectivity index (χ2v) is 6.82. The van der Waals surface area contributed by atoms with Crippen LogP contribution in [0.25, 0.3) is 11.4 Å². The van der Waals surface area contributed by atoms with Gasteiger partial charge in [-0.3, -0.25) is 9.59 Å². The Labute approximate surface area is 189 Å². The maximum absolute atomic E-state index is 12.6. The van der Waals surface area contributed by atoms with Gasteiger partial charge in [-0.1, -0.05) is 5.16 Å². The van der Waals surface area contributed by atoms with Gasteiger partial charge in [-0.25, -0.2) is 4.79 Å². The number of aromatic nitrogens is 2. The van der Waals surface area contributed by atoms with Crippen LogP contribution >= 0.6 is 0 Å². The first-order chi connectivity index (χ1) is 15.8. The number of ether oxygens (including phenoxy) is 3. The van der Waals surface area contributed by atoms with E-state index in [2.05, 4.69) is 20.8 Å². The number of esters is 1. The monoisotopic (exact) mass is 454 g/mol. The highest BCUT2D eigenvalue weighted by atomic mass is 16.6. The van der Waals surface area contributed by atoms with Crippen LogP contribution in [0.15, 0.2) is 40.9 Å². The largest absolute Gasteiger partial charge is 0.497 e. The third kappa shape index (κ3) is 6.06. The number of amides is 2. The van der Waals surface area contributed by atoms with Crippen molar-refractivity contribution in [2.45, 2.75) is 20.5 Å². The summed E-state index contributed by atoms with van der Waals surface area (Å²) in [5.74, 6) is 0.0312. The van der Waals surface area contributed by atoms with E-state index in [1.807, 2.05) is 0 Å². The number of rotatable bonds is 8. The minimum Gasteiger partial charge on any atom is -0.497 e. The molecule has 11 nitrogen and oxygen atoms in total. The SMILES string of the molecule is COc1ccc(-c2noc(COC(=O)c3cc(NC(C)=O)cc(NC(C)=O)c3)n2)c(OC)c1. The summed E-state index contributed by atoms with van der Waals surface area (Å²) in [6.07, 6.45) is 0. The van der Waals surface area contributed by atoms with Crippen molar-refractivity contribution in [3.05, 3.63) is 47.9 Å². The second-order valence-electron chi connectivity index (χ2n) is 6.82. The van der Waals surface area contributed by atoms with Gasteiger partial charge in [0, 0.05) is 31.3 Å². The molecule has 0 unspecified atom stereocenters. The lowest BCUT2D eigenvalue weighted by atomic mass is 10.1. The molecule has 0 atom stereocenters. The number of nitrogens with one attached hydrogen (secondary N) is 2. The summed E-state index contributed by atoms with van der Waals surface area (Å²) in [7, 11) is 3.05. The van der Waals surface area contributed by atoms with Crippen LogP contribution in [0.4, 0.5) is 11.4 Å². The quantitative estimate of drug-likeness (QED) is 0.491. The Hall–Kier alpha value is -4.41. The third-order valence-corrected chi connectivity index (χ3v) is 4.25. The molecule has 1 heterocycles. The van der Waals surface area contributed by atoms with Gasteiger partial charge in [-0.05, 0) is 30.3 Å². The maximum atomic E-state index is 12.6. The van der Waals surface area contributed by atoms with Crippen molar-refractivity contribution in [3.63, 3.8) is 0 Å². The third-order valence-electron chi connectivity index (χ3n) is 4.25. The van der Waals surface area contributed by atoms with Crippen molar-refractivity contribution in [2.75, 3.05) is 24.9 Å². The Morgan fingerprint density at radius 2 is 1.61 bits per heavy atom. The zero-order valence-corrected chi connectivity index (χ0v) is 18.4. The Morgan fingerprint density at radius 1 is 0.939 bits per heavy atom.